The van der Waals surface area contributed by atoms with E-state index in [1.54, 1.807) is 18.3 Å². The van der Waals surface area contributed by atoms with Gasteiger partial charge in [0.05, 0.1) is 15.6 Å². The van der Waals surface area contributed by atoms with Crippen molar-refractivity contribution in [1.82, 2.24) is 4.98 Å². The predicted molar refractivity (Wildman–Crippen MR) is 80.9 cm³/mol. The number of halogens is 1. The van der Waals surface area contributed by atoms with Crippen LogP contribution in [0.2, 0.25) is 5.02 Å². The van der Waals surface area contributed by atoms with Crippen LogP contribution >= 0.6 is 11.6 Å². The third kappa shape index (κ3) is 3.71. The van der Waals surface area contributed by atoms with Gasteiger partial charge < -0.3 is 5.32 Å². The van der Waals surface area contributed by atoms with Crippen LogP contribution in [0.5, 0.6) is 0 Å². The molecule has 106 valence electrons. The Kier molecular flexibility index (Phi) is 4.30. The van der Waals surface area contributed by atoms with Crippen molar-refractivity contribution in [3.05, 3.63) is 52.8 Å². The molecule has 1 N–H and O–H groups in total. The molecule has 0 aliphatic carbocycles. The van der Waals surface area contributed by atoms with Gasteiger partial charge in [0.25, 0.3) is 0 Å². The molecule has 0 aliphatic heterocycles. The molecule has 0 saturated carbocycles. The number of anilines is 1. The highest BCUT2D eigenvalue weighted by Gasteiger charge is 2.10. The van der Waals surface area contributed by atoms with Crippen LogP contribution in [0, 0.1) is 6.92 Å². The molecule has 1 heterocycles. The van der Waals surface area contributed by atoms with Gasteiger partial charge in [0.1, 0.15) is 0 Å². The summed E-state index contributed by atoms with van der Waals surface area (Å²) in [5, 5.41) is 3.61. The van der Waals surface area contributed by atoms with Gasteiger partial charge in [-0.1, -0.05) is 17.7 Å². The maximum Gasteiger partial charge on any atom is 0.175 e. The number of benzene rings is 1. The second-order valence-corrected chi connectivity index (χ2v) is 7.00. The number of pyridine rings is 1. The Morgan fingerprint density at radius 3 is 2.60 bits per heavy atom. The number of hydrogen-bond acceptors (Lipinski definition) is 4. The number of aromatic nitrogens is 1. The summed E-state index contributed by atoms with van der Waals surface area (Å²) in [4.78, 5) is 4.44. The fourth-order valence-electron chi connectivity index (χ4n) is 1.67. The standard InChI is InChI=1S/C14H15ClN2O2S/c1-10-3-4-11(8-16-10)9-17-14-7-12(20(2,18)19)5-6-13(14)15/h3-8,17H,9H2,1-2H3. The fraction of sp³-hybridized carbons (Fsp3) is 0.214. The van der Waals surface area contributed by atoms with E-state index in [0.29, 0.717) is 17.3 Å². The van der Waals surface area contributed by atoms with Crippen LogP contribution in [0.15, 0.2) is 41.4 Å². The highest BCUT2D eigenvalue weighted by Crippen LogP contribution is 2.25. The summed E-state index contributed by atoms with van der Waals surface area (Å²) in [6, 6.07) is 8.50. The Morgan fingerprint density at radius 1 is 1.25 bits per heavy atom. The minimum Gasteiger partial charge on any atom is -0.380 e. The zero-order valence-corrected chi connectivity index (χ0v) is 12.8. The van der Waals surface area contributed by atoms with Crippen LogP contribution in [0.4, 0.5) is 5.69 Å². The van der Waals surface area contributed by atoms with Crippen LogP contribution in [0.25, 0.3) is 0 Å². The lowest BCUT2D eigenvalue weighted by molar-refractivity contribution is 0.602. The van der Waals surface area contributed by atoms with Gasteiger partial charge in [-0.05, 0) is 36.8 Å². The van der Waals surface area contributed by atoms with Crippen LogP contribution in [0.1, 0.15) is 11.3 Å². The lowest BCUT2D eigenvalue weighted by atomic mass is 10.2. The molecule has 2 rings (SSSR count). The summed E-state index contributed by atoms with van der Waals surface area (Å²) in [5.41, 5.74) is 2.54. The van der Waals surface area contributed by atoms with Crippen molar-refractivity contribution >= 4 is 27.1 Å². The molecular weight excluding hydrogens is 296 g/mol. The van der Waals surface area contributed by atoms with Gasteiger partial charge in [0.15, 0.2) is 9.84 Å². The monoisotopic (exact) mass is 310 g/mol. The maximum atomic E-state index is 11.5. The topological polar surface area (TPSA) is 59.1 Å². The summed E-state index contributed by atoms with van der Waals surface area (Å²) in [5.74, 6) is 0. The normalized spacial score (nSPS) is 11.3. The van der Waals surface area contributed by atoms with Crippen molar-refractivity contribution in [3.63, 3.8) is 0 Å². The molecule has 20 heavy (non-hydrogen) atoms. The minimum atomic E-state index is -3.24. The molecule has 0 aliphatic rings. The maximum absolute atomic E-state index is 11.5. The number of hydrogen-bond donors (Lipinski definition) is 1. The Hall–Kier alpha value is -1.59. The summed E-state index contributed by atoms with van der Waals surface area (Å²) in [6.07, 6.45) is 2.95. The number of nitrogens with one attached hydrogen (secondary N) is 1. The molecule has 0 atom stereocenters. The summed E-state index contributed by atoms with van der Waals surface area (Å²) in [7, 11) is -3.24. The van der Waals surface area contributed by atoms with E-state index in [4.69, 9.17) is 11.6 Å². The predicted octanol–water partition coefficient (Wildman–Crippen LogP) is 3.06. The first-order valence-corrected chi connectivity index (χ1v) is 8.28. The Balaban J connectivity index is 2.19. The van der Waals surface area contributed by atoms with Gasteiger partial charge in [-0.2, -0.15) is 0 Å². The van der Waals surface area contributed by atoms with Gasteiger partial charge in [0.2, 0.25) is 0 Å². The first-order chi connectivity index (χ1) is 9.36. The minimum absolute atomic E-state index is 0.242. The second-order valence-electron chi connectivity index (χ2n) is 4.58. The second kappa shape index (κ2) is 5.81. The van der Waals surface area contributed by atoms with Crippen LogP contribution < -0.4 is 5.32 Å². The molecule has 0 bridgehead atoms. The molecule has 6 heteroatoms. The lowest BCUT2D eigenvalue weighted by Crippen LogP contribution is -2.03. The highest BCUT2D eigenvalue weighted by molar-refractivity contribution is 7.90. The largest absolute Gasteiger partial charge is 0.380 e. The summed E-state index contributed by atoms with van der Waals surface area (Å²) < 4.78 is 23.1. The molecule has 0 amide bonds. The van der Waals surface area contributed by atoms with Crippen molar-refractivity contribution < 1.29 is 8.42 Å². The van der Waals surface area contributed by atoms with Gasteiger partial charge in [0, 0.05) is 24.7 Å². The Labute approximate surface area is 123 Å². The third-order valence-corrected chi connectivity index (χ3v) is 4.26. The SMILES string of the molecule is Cc1ccc(CNc2cc(S(C)(=O)=O)ccc2Cl)cn1. The van der Waals surface area contributed by atoms with E-state index in [9.17, 15) is 8.42 Å². The van der Waals surface area contributed by atoms with Gasteiger partial charge in [-0.15, -0.1) is 0 Å². The van der Waals surface area contributed by atoms with Crippen molar-refractivity contribution in [1.29, 1.82) is 0 Å². The molecule has 0 fully saturated rings. The fourth-order valence-corrected chi connectivity index (χ4v) is 2.50. The van der Waals surface area contributed by atoms with E-state index >= 15 is 0 Å². The zero-order chi connectivity index (χ0) is 14.8. The van der Waals surface area contributed by atoms with Gasteiger partial charge >= 0.3 is 0 Å². The van der Waals surface area contributed by atoms with Crippen molar-refractivity contribution in [2.45, 2.75) is 18.4 Å². The average molecular weight is 311 g/mol. The molecule has 1 aromatic carbocycles. The molecule has 1 aromatic heterocycles. The van der Waals surface area contributed by atoms with Crippen molar-refractivity contribution in [3.8, 4) is 0 Å². The van der Waals surface area contributed by atoms with E-state index in [2.05, 4.69) is 10.3 Å². The zero-order valence-electron chi connectivity index (χ0n) is 11.2. The van der Waals surface area contributed by atoms with E-state index in [1.807, 2.05) is 19.1 Å². The van der Waals surface area contributed by atoms with E-state index in [-0.39, 0.29) is 4.90 Å². The number of sulfone groups is 1. The van der Waals surface area contributed by atoms with Gasteiger partial charge in [-0.3, -0.25) is 4.98 Å². The Morgan fingerprint density at radius 2 is 2.00 bits per heavy atom. The first-order valence-electron chi connectivity index (χ1n) is 6.01. The number of rotatable bonds is 4. The van der Waals surface area contributed by atoms with Crippen molar-refractivity contribution in [2.75, 3.05) is 11.6 Å². The molecule has 2 aromatic rings. The summed E-state index contributed by atoms with van der Waals surface area (Å²) >= 11 is 6.06. The first kappa shape index (κ1) is 14.8. The van der Waals surface area contributed by atoms with Crippen LogP contribution in [0.3, 0.4) is 0 Å². The van der Waals surface area contributed by atoms with Crippen molar-refractivity contribution in [2.24, 2.45) is 0 Å². The quantitative estimate of drug-likeness (QED) is 0.943. The molecule has 0 unspecified atom stereocenters. The third-order valence-electron chi connectivity index (χ3n) is 2.82. The molecular formula is C14H15ClN2O2S. The lowest BCUT2D eigenvalue weighted by Gasteiger charge is -2.10. The number of nitrogens with zero attached hydrogens (tertiary/aromatic N) is 1. The van der Waals surface area contributed by atoms with E-state index in [1.165, 1.54) is 12.3 Å². The summed E-state index contributed by atoms with van der Waals surface area (Å²) in [6.45, 7) is 2.45. The molecule has 0 saturated heterocycles. The average Bonchev–Trinajstić information content (AvgIpc) is 2.38. The number of aryl methyl sites for hydroxylation is 1. The van der Waals surface area contributed by atoms with Crippen LogP contribution in [-0.2, 0) is 16.4 Å². The molecule has 0 spiro atoms. The van der Waals surface area contributed by atoms with E-state index in [0.717, 1.165) is 11.3 Å². The molecule has 0 radical (unpaired) electrons. The van der Waals surface area contributed by atoms with Crippen LogP contribution in [-0.4, -0.2) is 19.7 Å². The smallest absolute Gasteiger partial charge is 0.175 e. The molecule has 4 nitrogen and oxygen atoms in total. The highest BCUT2D eigenvalue weighted by atomic mass is 35.5. The Bertz CT molecular complexity index is 712. The van der Waals surface area contributed by atoms with Gasteiger partial charge in [-0.25, -0.2) is 8.42 Å². The van der Waals surface area contributed by atoms with E-state index < -0.39 is 9.84 Å².